The number of halogens is 1. The molecule has 1 aliphatic rings. The SMILES string of the molecule is CC(=O)c1ccc(S(=O)(=O)N2CCCCC2C(=O)Nc2ccc(C#N)c(Cl)c2)cc1. The first-order valence-electron chi connectivity index (χ1n) is 9.37. The highest BCUT2D eigenvalue weighted by atomic mass is 35.5. The van der Waals surface area contributed by atoms with E-state index in [1.54, 1.807) is 6.07 Å². The maximum absolute atomic E-state index is 13.2. The molecular formula is C21H20ClN3O4S. The van der Waals surface area contributed by atoms with E-state index in [9.17, 15) is 18.0 Å². The van der Waals surface area contributed by atoms with Crippen molar-refractivity contribution >= 4 is 39.0 Å². The topological polar surface area (TPSA) is 107 Å². The molecule has 0 aromatic heterocycles. The summed E-state index contributed by atoms with van der Waals surface area (Å²) in [6, 6.07) is 11.3. The maximum atomic E-state index is 13.2. The number of carbonyl (C=O) groups excluding carboxylic acids is 2. The van der Waals surface area contributed by atoms with Crippen molar-refractivity contribution in [1.29, 1.82) is 5.26 Å². The maximum Gasteiger partial charge on any atom is 0.243 e. The van der Waals surface area contributed by atoms with Gasteiger partial charge in [-0.15, -0.1) is 0 Å². The van der Waals surface area contributed by atoms with Crippen LogP contribution in [0.5, 0.6) is 0 Å². The smallest absolute Gasteiger partial charge is 0.243 e. The fraction of sp³-hybridized carbons (Fsp3) is 0.286. The van der Waals surface area contributed by atoms with Crippen molar-refractivity contribution in [2.24, 2.45) is 0 Å². The number of hydrogen-bond donors (Lipinski definition) is 1. The van der Waals surface area contributed by atoms with Crippen molar-refractivity contribution in [3.05, 3.63) is 58.6 Å². The molecule has 2 aromatic rings. The normalized spacial score (nSPS) is 17.2. The van der Waals surface area contributed by atoms with E-state index in [1.807, 2.05) is 6.07 Å². The van der Waals surface area contributed by atoms with Crippen molar-refractivity contribution in [2.45, 2.75) is 37.1 Å². The van der Waals surface area contributed by atoms with E-state index in [-0.39, 0.29) is 27.8 Å². The molecule has 0 bridgehead atoms. The number of benzene rings is 2. The standard InChI is InChI=1S/C21H20ClN3O4S/c1-14(26)15-6-9-18(10-7-15)30(28,29)25-11-3-2-4-20(25)21(27)24-17-8-5-16(13-23)19(22)12-17/h5-10,12,20H,2-4,11H2,1H3,(H,24,27). The molecule has 1 heterocycles. The number of carbonyl (C=O) groups is 2. The monoisotopic (exact) mass is 445 g/mol. The Morgan fingerprint density at radius 2 is 1.87 bits per heavy atom. The van der Waals surface area contributed by atoms with Gasteiger partial charge in [-0.25, -0.2) is 8.42 Å². The molecule has 1 N–H and O–H groups in total. The molecule has 2 aromatic carbocycles. The third-order valence-corrected chi connectivity index (χ3v) is 7.22. The first-order chi connectivity index (χ1) is 14.2. The van der Waals surface area contributed by atoms with E-state index in [0.29, 0.717) is 24.1 Å². The zero-order chi connectivity index (χ0) is 21.9. The van der Waals surface area contributed by atoms with Crippen LogP contribution in [0.4, 0.5) is 5.69 Å². The summed E-state index contributed by atoms with van der Waals surface area (Å²) in [4.78, 5) is 24.4. The number of ketones is 1. The number of hydrogen-bond acceptors (Lipinski definition) is 5. The highest BCUT2D eigenvalue weighted by Gasteiger charge is 2.37. The third-order valence-electron chi connectivity index (χ3n) is 4.98. The average molecular weight is 446 g/mol. The molecular weight excluding hydrogens is 426 g/mol. The van der Waals surface area contributed by atoms with Crippen LogP contribution in [0.15, 0.2) is 47.4 Å². The summed E-state index contributed by atoms with van der Waals surface area (Å²) in [5.41, 5.74) is 1.09. The fourth-order valence-electron chi connectivity index (χ4n) is 3.36. The Balaban J connectivity index is 1.84. The van der Waals surface area contributed by atoms with Crippen molar-refractivity contribution in [1.82, 2.24) is 4.31 Å². The summed E-state index contributed by atoms with van der Waals surface area (Å²) in [5, 5.41) is 11.9. The Morgan fingerprint density at radius 1 is 1.17 bits per heavy atom. The zero-order valence-corrected chi connectivity index (χ0v) is 17.8. The number of nitrogens with zero attached hydrogens (tertiary/aromatic N) is 2. The van der Waals surface area contributed by atoms with Gasteiger partial charge in [-0.2, -0.15) is 9.57 Å². The molecule has 3 rings (SSSR count). The predicted molar refractivity (Wildman–Crippen MR) is 113 cm³/mol. The van der Waals surface area contributed by atoms with Crippen molar-refractivity contribution < 1.29 is 18.0 Å². The van der Waals surface area contributed by atoms with Crippen LogP contribution < -0.4 is 5.32 Å². The van der Waals surface area contributed by atoms with Gasteiger partial charge in [-0.1, -0.05) is 30.2 Å². The van der Waals surface area contributed by atoms with Gasteiger partial charge >= 0.3 is 0 Å². The number of amides is 1. The molecule has 0 saturated carbocycles. The second-order valence-electron chi connectivity index (χ2n) is 7.00. The van der Waals surface area contributed by atoms with Gasteiger partial charge in [0.25, 0.3) is 0 Å². The van der Waals surface area contributed by atoms with E-state index in [4.69, 9.17) is 16.9 Å². The molecule has 1 saturated heterocycles. The number of anilines is 1. The lowest BCUT2D eigenvalue weighted by Gasteiger charge is -2.33. The lowest BCUT2D eigenvalue weighted by molar-refractivity contribution is -0.120. The summed E-state index contributed by atoms with van der Waals surface area (Å²) in [6.07, 6.45) is 1.76. The average Bonchev–Trinajstić information content (AvgIpc) is 2.74. The summed E-state index contributed by atoms with van der Waals surface area (Å²) >= 11 is 6.01. The lowest BCUT2D eigenvalue weighted by Crippen LogP contribution is -2.49. The number of nitriles is 1. The molecule has 7 nitrogen and oxygen atoms in total. The zero-order valence-electron chi connectivity index (χ0n) is 16.3. The van der Waals surface area contributed by atoms with E-state index in [1.165, 1.54) is 47.6 Å². The molecule has 30 heavy (non-hydrogen) atoms. The Kier molecular flexibility index (Phi) is 6.56. The molecule has 1 atom stereocenters. The molecule has 1 fully saturated rings. The second kappa shape index (κ2) is 8.96. The molecule has 156 valence electrons. The Bertz CT molecular complexity index is 1120. The summed E-state index contributed by atoms with van der Waals surface area (Å²) in [6.45, 7) is 1.63. The Labute approximate surface area is 180 Å². The van der Waals surface area contributed by atoms with Gasteiger partial charge in [0.05, 0.1) is 15.5 Å². The van der Waals surface area contributed by atoms with Gasteiger partial charge in [-0.05, 0) is 50.1 Å². The van der Waals surface area contributed by atoms with Crippen LogP contribution in [0.3, 0.4) is 0 Å². The van der Waals surface area contributed by atoms with Gasteiger partial charge < -0.3 is 5.32 Å². The third kappa shape index (κ3) is 4.54. The van der Waals surface area contributed by atoms with E-state index >= 15 is 0 Å². The fourth-order valence-corrected chi connectivity index (χ4v) is 5.24. The van der Waals surface area contributed by atoms with Crippen LogP contribution in [0, 0.1) is 11.3 Å². The van der Waals surface area contributed by atoms with Crippen LogP contribution in [-0.4, -0.2) is 37.0 Å². The van der Waals surface area contributed by atoms with Gasteiger partial charge in [0, 0.05) is 17.8 Å². The minimum Gasteiger partial charge on any atom is -0.325 e. The molecule has 9 heteroatoms. The quantitative estimate of drug-likeness (QED) is 0.707. The van der Waals surface area contributed by atoms with Crippen molar-refractivity contribution in [3.63, 3.8) is 0 Å². The van der Waals surface area contributed by atoms with Crippen LogP contribution in [0.1, 0.15) is 42.1 Å². The first-order valence-corrected chi connectivity index (χ1v) is 11.2. The Morgan fingerprint density at radius 3 is 2.47 bits per heavy atom. The largest absolute Gasteiger partial charge is 0.325 e. The minimum absolute atomic E-state index is 0.0358. The van der Waals surface area contributed by atoms with Gasteiger partial charge in [0.2, 0.25) is 15.9 Å². The van der Waals surface area contributed by atoms with Crippen LogP contribution in [0.2, 0.25) is 5.02 Å². The number of sulfonamides is 1. The number of Topliss-reactive ketones (excluding diaryl/α,β-unsaturated/α-hetero) is 1. The number of rotatable bonds is 5. The second-order valence-corrected chi connectivity index (χ2v) is 9.30. The molecule has 1 aliphatic heterocycles. The van der Waals surface area contributed by atoms with E-state index in [2.05, 4.69) is 5.32 Å². The summed E-state index contributed by atoms with van der Waals surface area (Å²) in [7, 11) is -3.92. The van der Waals surface area contributed by atoms with Gasteiger partial charge in [-0.3, -0.25) is 9.59 Å². The van der Waals surface area contributed by atoms with Gasteiger partial charge in [0.1, 0.15) is 12.1 Å². The van der Waals surface area contributed by atoms with E-state index < -0.39 is 22.0 Å². The van der Waals surface area contributed by atoms with Crippen molar-refractivity contribution in [3.8, 4) is 6.07 Å². The van der Waals surface area contributed by atoms with Crippen molar-refractivity contribution in [2.75, 3.05) is 11.9 Å². The number of piperidine rings is 1. The molecule has 0 radical (unpaired) electrons. The van der Waals surface area contributed by atoms with Crippen LogP contribution in [-0.2, 0) is 14.8 Å². The van der Waals surface area contributed by atoms with Crippen LogP contribution >= 0.6 is 11.6 Å². The molecule has 0 aliphatic carbocycles. The highest BCUT2D eigenvalue weighted by molar-refractivity contribution is 7.89. The lowest BCUT2D eigenvalue weighted by atomic mass is 10.0. The Hall–Kier alpha value is -2.73. The van der Waals surface area contributed by atoms with Crippen LogP contribution in [0.25, 0.3) is 0 Å². The molecule has 1 amide bonds. The minimum atomic E-state index is -3.92. The predicted octanol–water partition coefficient (Wildman–Crippen LogP) is 3.60. The van der Waals surface area contributed by atoms with E-state index in [0.717, 1.165) is 6.42 Å². The number of nitrogens with one attached hydrogen (secondary N) is 1. The first kappa shape index (κ1) is 22.0. The molecule has 0 spiro atoms. The van der Waals surface area contributed by atoms with Gasteiger partial charge in [0.15, 0.2) is 5.78 Å². The summed E-state index contributed by atoms with van der Waals surface area (Å²) < 4.78 is 27.6. The highest BCUT2D eigenvalue weighted by Crippen LogP contribution is 2.27. The summed E-state index contributed by atoms with van der Waals surface area (Å²) in [5.74, 6) is -0.616. The molecule has 1 unspecified atom stereocenters.